The van der Waals surface area contributed by atoms with Gasteiger partial charge in [-0.25, -0.2) is 0 Å². The summed E-state index contributed by atoms with van der Waals surface area (Å²) in [6.07, 6.45) is 2.44. The standard InChI is InChI=1S/C18H33N3/c1-7-21(14-17-12-8-10-15(2)20-17)16(3)11-9-13-19-18(4,5)6/h8,10,12,16,19H,7,9,11,13-14H2,1-6H3. The van der Waals surface area contributed by atoms with Gasteiger partial charge in [0.05, 0.1) is 5.69 Å². The molecule has 0 spiro atoms. The lowest BCUT2D eigenvalue weighted by Gasteiger charge is -2.28. The van der Waals surface area contributed by atoms with Gasteiger partial charge in [0.15, 0.2) is 0 Å². The molecule has 0 aromatic carbocycles. The lowest BCUT2D eigenvalue weighted by molar-refractivity contribution is 0.195. The van der Waals surface area contributed by atoms with Crippen molar-refractivity contribution >= 4 is 0 Å². The summed E-state index contributed by atoms with van der Waals surface area (Å²) >= 11 is 0. The highest BCUT2D eigenvalue weighted by molar-refractivity contribution is 5.09. The fourth-order valence-corrected chi connectivity index (χ4v) is 2.52. The minimum Gasteiger partial charge on any atom is -0.312 e. The minimum absolute atomic E-state index is 0.221. The monoisotopic (exact) mass is 291 g/mol. The summed E-state index contributed by atoms with van der Waals surface area (Å²) in [7, 11) is 0. The van der Waals surface area contributed by atoms with Crippen LogP contribution >= 0.6 is 0 Å². The highest BCUT2D eigenvalue weighted by atomic mass is 15.1. The van der Waals surface area contributed by atoms with Crippen LogP contribution in [-0.2, 0) is 6.54 Å². The molecule has 1 atom stereocenters. The minimum atomic E-state index is 0.221. The van der Waals surface area contributed by atoms with Crippen molar-refractivity contribution in [2.45, 2.75) is 72.5 Å². The van der Waals surface area contributed by atoms with Gasteiger partial charge >= 0.3 is 0 Å². The summed E-state index contributed by atoms with van der Waals surface area (Å²) in [6.45, 7) is 16.4. The topological polar surface area (TPSA) is 28.2 Å². The Labute approximate surface area is 131 Å². The first-order valence-electron chi connectivity index (χ1n) is 8.23. The molecule has 0 saturated heterocycles. The zero-order valence-corrected chi connectivity index (χ0v) is 14.7. The van der Waals surface area contributed by atoms with E-state index in [2.05, 4.69) is 74.9 Å². The molecule has 1 aromatic rings. The van der Waals surface area contributed by atoms with Crippen molar-refractivity contribution in [2.24, 2.45) is 0 Å². The van der Waals surface area contributed by atoms with Gasteiger partial charge in [-0.1, -0.05) is 13.0 Å². The van der Waals surface area contributed by atoms with Crippen LogP contribution in [0.1, 0.15) is 58.8 Å². The van der Waals surface area contributed by atoms with Gasteiger partial charge in [0.1, 0.15) is 0 Å². The van der Waals surface area contributed by atoms with Crippen molar-refractivity contribution in [3.8, 4) is 0 Å². The number of aromatic nitrogens is 1. The Bertz CT molecular complexity index is 409. The van der Waals surface area contributed by atoms with Crippen LogP contribution in [-0.4, -0.2) is 34.6 Å². The second-order valence-electron chi connectivity index (χ2n) is 7.00. The molecule has 1 heterocycles. The van der Waals surface area contributed by atoms with E-state index in [0.717, 1.165) is 25.3 Å². The second kappa shape index (κ2) is 8.50. The Balaban J connectivity index is 2.40. The number of hydrogen-bond donors (Lipinski definition) is 1. The summed E-state index contributed by atoms with van der Waals surface area (Å²) in [5.41, 5.74) is 2.50. The number of aryl methyl sites for hydroxylation is 1. The molecule has 21 heavy (non-hydrogen) atoms. The van der Waals surface area contributed by atoms with Gasteiger partial charge < -0.3 is 5.32 Å². The van der Waals surface area contributed by atoms with E-state index in [9.17, 15) is 0 Å². The van der Waals surface area contributed by atoms with Crippen LogP contribution in [0.4, 0.5) is 0 Å². The summed E-state index contributed by atoms with van der Waals surface area (Å²) < 4.78 is 0. The fraction of sp³-hybridized carbons (Fsp3) is 0.722. The fourth-order valence-electron chi connectivity index (χ4n) is 2.52. The highest BCUT2D eigenvalue weighted by Crippen LogP contribution is 2.11. The Morgan fingerprint density at radius 1 is 1.29 bits per heavy atom. The first kappa shape index (κ1) is 18.1. The number of rotatable bonds is 8. The van der Waals surface area contributed by atoms with Crippen LogP contribution < -0.4 is 5.32 Å². The Hall–Kier alpha value is -0.930. The number of nitrogens with one attached hydrogen (secondary N) is 1. The number of pyridine rings is 1. The van der Waals surface area contributed by atoms with Crippen molar-refractivity contribution < 1.29 is 0 Å². The van der Waals surface area contributed by atoms with E-state index in [4.69, 9.17) is 0 Å². The van der Waals surface area contributed by atoms with Crippen LogP contribution in [0.5, 0.6) is 0 Å². The normalized spacial score (nSPS) is 13.7. The zero-order chi connectivity index (χ0) is 15.9. The van der Waals surface area contributed by atoms with Crippen molar-refractivity contribution in [1.82, 2.24) is 15.2 Å². The van der Waals surface area contributed by atoms with E-state index < -0.39 is 0 Å². The lowest BCUT2D eigenvalue weighted by atomic mass is 10.1. The first-order chi connectivity index (χ1) is 9.81. The number of hydrogen-bond acceptors (Lipinski definition) is 3. The van der Waals surface area contributed by atoms with Gasteiger partial charge in [0, 0.05) is 23.8 Å². The van der Waals surface area contributed by atoms with Crippen LogP contribution in [0.2, 0.25) is 0 Å². The van der Waals surface area contributed by atoms with E-state index in [1.807, 2.05) is 0 Å². The Kier molecular flexibility index (Phi) is 7.33. The molecule has 1 unspecified atom stereocenters. The molecule has 3 nitrogen and oxygen atoms in total. The van der Waals surface area contributed by atoms with E-state index >= 15 is 0 Å². The predicted octanol–water partition coefficient (Wildman–Crippen LogP) is 3.77. The molecule has 0 aliphatic rings. The quantitative estimate of drug-likeness (QED) is 0.739. The Morgan fingerprint density at radius 3 is 2.57 bits per heavy atom. The molecule has 1 rings (SSSR count). The van der Waals surface area contributed by atoms with Gasteiger partial charge in [-0.15, -0.1) is 0 Å². The highest BCUT2D eigenvalue weighted by Gasteiger charge is 2.14. The molecule has 0 fully saturated rings. The van der Waals surface area contributed by atoms with E-state index in [1.165, 1.54) is 18.5 Å². The second-order valence-corrected chi connectivity index (χ2v) is 7.00. The van der Waals surface area contributed by atoms with E-state index in [1.54, 1.807) is 0 Å². The molecule has 0 saturated carbocycles. The average molecular weight is 291 g/mol. The molecule has 0 bridgehead atoms. The van der Waals surface area contributed by atoms with Crippen LogP contribution in [0.15, 0.2) is 18.2 Å². The van der Waals surface area contributed by atoms with E-state index in [-0.39, 0.29) is 5.54 Å². The largest absolute Gasteiger partial charge is 0.312 e. The summed E-state index contributed by atoms with van der Waals surface area (Å²) in [6, 6.07) is 6.88. The summed E-state index contributed by atoms with van der Waals surface area (Å²) in [5.74, 6) is 0. The van der Waals surface area contributed by atoms with Gasteiger partial charge in [-0.3, -0.25) is 9.88 Å². The zero-order valence-electron chi connectivity index (χ0n) is 14.7. The van der Waals surface area contributed by atoms with Crippen molar-refractivity contribution in [2.75, 3.05) is 13.1 Å². The van der Waals surface area contributed by atoms with Gasteiger partial charge in [-0.2, -0.15) is 0 Å². The molecular weight excluding hydrogens is 258 g/mol. The smallest absolute Gasteiger partial charge is 0.0547 e. The van der Waals surface area contributed by atoms with E-state index in [0.29, 0.717) is 6.04 Å². The molecular formula is C18H33N3. The van der Waals surface area contributed by atoms with Crippen LogP contribution in [0.3, 0.4) is 0 Å². The molecule has 0 radical (unpaired) electrons. The maximum absolute atomic E-state index is 4.62. The maximum atomic E-state index is 4.62. The van der Waals surface area contributed by atoms with Crippen molar-refractivity contribution in [3.63, 3.8) is 0 Å². The molecule has 1 N–H and O–H groups in total. The van der Waals surface area contributed by atoms with Crippen molar-refractivity contribution in [3.05, 3.63) is 29.6 Å². The third-order valence-corrected chi connectivity index (χ3v) is 3.79. The van der Waals surface area contributed by atoms with Crippen molar-refractivity contribution in [1.29, 1.82) is 0 Å². The molecule has 0 aliphatic heterocycles. The lowest BCUT2D eigenvalue weighted by Crippen LogP contribution is -2.37. The predicted molar refractivity (Wildman–Crippen MR) is 91.5 cm³/mol. The van der Waals surface area contributed by atoms with Crippen LogP contribution in [0, 0.1) is 6.92 Å². The molecule has 0 aliphatic carbocycles. The van der Waals surface area contributed by atoms with Gasteiger partial charge in [-0.05, 0) is 72.7 Å². The molecule has 0 amide bonds. The molecule has 3 heteroatoms. The third kappa shape index (κ3) is 7.58. The Morgan fingerprint density at radius 2 is 2.00 bits per heavy atom. The van der Waals surface area contributed by atoms with Crippen LogP contribution in [0.25, 0.3) is 0 Å². The van der Waals surface area contributed by atoms with Gasteiger partial charge in [0.2, 0.25) is 0 Å². The summed E-state index contributed by atoms with van der Waals surface area (Å²) in [4.78, 5) is 7.13. The first-order valence-corrected chi connectivity index (χ1v) is 8.23. The maximum Gasteiger partial charge on any atom is 0.0547 e. The average Bonchev–Trinajstić information content (AvgIpc) is 2.39. The molecule has 1 aromatic heterocycles. The van der Waals surface area contributed by atoms with Gasteiger partial charge in [0.25, 0.3) is 0 Å². The number of nitrogens with zero attached hydrogens (tertiary/aromatic N) is 2. The summed E-state index contributed by atoms with van der Waals surface area (Å²) in [5, 5.41) is 3.56. The molecule has 120 valence electrons. The third-order valence-electron chi connectivity index (χ3n) is 3.79. The SMILES string of the molecule is CCN(Cc1cccc(C)n1)C(C)CCCNC(C)(C)C.